The number of benzene rings is 2. The van der Waals surface area contributed by atoms with Gasteiger partial charge >= 0.3 is 18.2 Å². The van der Waals surface area contributed by atoms with Gasteiger partial charge in [-0.2, -0.15) is 0 Å². The first-order valence-corrected chi connectivity index (χ1v) is 32.3. The van der Waals surface area contributed by atoms with Crippen LogP contribution >= 0.6 is 0 Å². The zero-order chi connectivity index (χ0) is 62.1. The highest BCUT2D eigenvalue weighted by Gasteiger charge is 2.48. The molecule has 22 heteroatoms. The lowest BCUT2D eigenvalue weighted by atomic mass is 9.84. The fourth-order valence-corrected chi connectivity index (χ4v) is 13.8. The summed E-state index contributed by atoms with van der Waals surface area (Å²) in [5.74, 6) is -4.21. The van der Waals surface area contributed by atoms with Gasteiger partial charge in [-0.15, -0.1) is 0 Å². The summed E-state index contributed by atoms with van der Waals surface area (Å²) in [4.78, 5) is 74.5. The molecule has 0 bridgehead atoms. The van der Waals surface area contributed by atoms with Crippen molar-refractivity contribution in [3.8, 4) is 23.0 Å². The van der Waals surface area contributed by atoms with Crippen LogP contribution in [0.25, 0.3) is 0 Å². The third-order valence-corrected chi connectivity index (χ3v) is 20.0. The minimum absolute atomic E-state index is 0.0506. The van der Waals surface area contributed by atoms with Crippen LogP contribution < -0.4 is 18.9 Å². The van der Waals surface area contributed by atoms with Crippen LogP contribution in [0, 0.1) is 0 Å². The van der Waals surface area contributed by atoms with Crippen LogP contribution in [0.5, 0.6) is 23.0 Å². The number of hydrogen-bond acceptors (Lipinski definition) is 15. The highest BCUT2D eigenvalue weighted by molar-refractivity contribution is 7.91. The number of allylic oxidation sites excluding steroid dienone is 8. The van der Waals surface area contributed by atoms with Gasteiger partial charge in [0, 0.05) is 70.5 Å². The number of aliphatic hydroxyl groups is 2. The summed E-state index contributed by atoms with van der Waals surface area (Å²) in [6.07, 6.45) is 8.30. The Morgan fingerprint density at radius 2 is 1.08 bits per heavy atom. The third kappa shape index (κ3) is 14.6. The average Bonchev–Trinajstić information content (AvgIpc) is 2.23. The van der Waals surface area contributed by atoms with Gasteiger partial charge in [0.25, 0.3) is 11.8 Å². The lowest BCUT2D eigenvalue weighted by Crippen LogP contribution is -2.49. The molecule has 0 saturated carbocycles. The Kier molecular flexibility index (Phi) is 18.4. The largest absolute Gasteiger partial charge is 0.484 e. The van der Waals surface area contributed by atoms with Gasteiger partial charge in [-0.25, -0.2) is 31.2 Å². The quantitative estimate of drug-likeness (QED) is 0.106. The maximum absolute atomic E-state index is 14.7. The molecule has 2 saturated heterocycles. The zero-order valence-corrected chi connectivity index (χ0v) is 50.6. The van der Waals surface area contributed by atoms with Gasteiger partial charge in [0.1, 0.15) is 40.2 Å². The molecule has 5 atom stereocenters. The van der Waals surface area contributed by atoms with E-state index >= 15 is 0 Å². The van der Waals surface area contributed by atoms with Crippen LogP contribution in [0.15, 0.2) is 58.7 Å². The first-order valence-electron chi connectivity index (χ1n) is 29.7. The van der Waals surface area contributed by atoms with Crippen LogP contribution in [0.3, 0.4) is 0 Å². The molecule has 2 fully saturated rings. The number of carboxylic acid groups (broad SMARTS) is 1. The minimum atomic E-state index is -3.37. The fourth-order valence-electron chi connectivity index (χ4n) is 11.4. The lowest BCUT2D eigenvalue weighted by molar-refractivity contribution is -0.142. The second kappa shape index (κ2) is 25.5. The van der Waals surface area contributed by atoms with Crippen molar-refractivity contribution in [2.24, 2.45) is 0 Å². The number of amides is 4. The van der Waals surface area contributed by atoms with Crippen LogP contribution in [0.1, 0.15) is 165 Å². The van der Waals surface area contributed by atoms with Gasteiger partial charge in [0.05, 0.1) is 59.4 Å². The molecule has 83 heavy (non-hydrogen) atoms. The van der Waals surface area contributed by atoms with Crippen molar-refractivity contribution in [1.29, 1.82) is 0 Å². The summed E-state index contributed by atoms with van der Waals surface area (Å²) in [5.41, 5.74) is 3.18. The smallest absolute Gasteiger partial charge is 0.415 e. The number of aliphatic hydroxyl groups excluding tert-OH is 2. The van der Waals surface area contributed by atoms with Gasteiger partial charge < -0.3 is 53.9 Å². The standard InChI is InChI=1S/C61H82N4O16S2/c1-38(2)14-9-16-40(5)18-11-21-60(7)51(66)34-44-49(78-58(72)62-24-28-82(74,75)29-25-62)32-42-46(53(44)80-60)36-64(55(42)68)23-13-20-48(57(70)71)65-37-47-43(56(65)69)33-50(79-59(73)63-26-30-83(76,77)31-27-63)45-35-52(67)61(8,81-54(45)47)22-12-19-41(6)17-10-15-39(3)4/h14-15,18-19,32-33,48,51-52,66-67H,9-13,16-17,20-31,34-37H2,1-8H3,(H,70,71)/b40-18+,41-19+/t48-,51-,52-,60+,61+/m0/s1/i23D2. The number of hydrogen-bond donors (Lipinski definition) is 3. The summed E-state index contributed by atoms with van der Waals surface area (Å²) >= 11 is 0. The van der Waals surface area contributed by atoms with E-state index in [1.54, 1.807) is 13.8 Å². The van der Waals surface area contributed by atoms with E-state index in [9.17, 15) is 58.9 Å². The molecule has 6 heterocycles. The van der Waals surface area contributed by atoms with E-state index in [2.05, 4.69) is 24.3 Å². The van der Waals surface area contributed by atoms with Crippen molar-refractivity contribution in [2.45, 2.75) is 175 Å². The molecule has 0 spiro atoms. The highest BCUT2D eigenvalue weighted by Crippen LogP contribution is 2.49. The van der Waals surface area contributed by atoms with E-state index in [-0.39, 0.29) is 132 Å². The van der Waals surface area contributed by atoms with Gasteiger partial charge in [0.2, 0.25) is 0 Å². The Balaban J connectivity index is 1.05. The Labute approximate surface area is 490 Å². The first-order chi connectivity index (χ1) is 39.8. The summed E-state index contributed by atoms with van der Waals surface area (Å²) in [6.45, 7) is 11.9. The predicted octanol–water partition coefficient (Wildman–Crippen LogP) is 8.05. The lowest BCUT2D eigenvalue weighted by Gasteiger charge is -2.41. The number of ether oxygens (including phenoxy) is 4. The van der Waals surface area contributed by atoms with Gasteiger partial charge in [-0.3, -0.25) is 9.59 Å². The van der Waals surface area contributed by atoms with Crippen molar-refractivity contribution >= 4 is 49.6 Å². The summed E-state index contributed by atoms with van der Waals surface area (Å²) in [6, 6.07) is 0.916. The van der Waals surface area contributed by atoms with E-state index in [1.165, 1.54) is 33.1 Å². The number of nitrogens with zero attached hydrogens (tertiary/aromatic N) is 4. The molecule has 6 aliphatic rings. The molecule has 0 aliphatic carbocycles. The summed E-state index contributed by atoms with van der Waals surface area (Å²) in [7, 11) is -6.74. The maximum atomic E-state index is 14.7. The summed E-state index contributed by atoms with van der Waals surface area (Å²) in [5, 5.41) is 34.4. The molecule has 0 aromatic heterocycles. The summed E-state index contributed by atoms with van der Waals surface area (Å²) < 4.78 is 93.0. The molecule has 0 radical (unpaired) electrons. The number of aliphatic carboxylic acids is 1. The van der Waals surface area contributed by atoms with Crippen molar-refractivity contribution in [3.63, 3.8) is 0 Å². The van der Waals surface area contributed by atoms with Gasteiger partial charge in [-0.1, -0.05) is 46.6 Å². The maximum Gasteiger partial charge on any atom is 0.415 e. The number of carboxylic acids is 1. The number of fused-ring (bicyclic) bond motifs is 6. The minimum Gasteiger partial charge on any atom is -0.484 e. The molecule has 8 rings (SSSR count). The van der Waals surface area contributed by atoms with Crippen LogP contribution in [-0.2, 0) is 50.4 Å². The SMILES string of the molecule is [2H]C([2H])(CC[C@@H](C(=O)O)N1Cc2c(cc(OC(=O)N3CCS(=O)(=O)CC3)c3c2O[C@](C)(CC/C=C(\C)CCC=C(C)C)[C@@H](O)C3)C1=O)N1Cc2c(cc(OC(=O)N3CCS(=O)(=O)CC3)c3c2O[C@](C)(CC/C=C(\C)CCC=C(C)C)[C@@H](O)C3)C1=O. The Bertz CT molecular complexity index is 3320. The Morgan fingerprint density at radius 3 is 1.51 bits per heavy atom. The molecular weight excluding hydrogens is 1110 g/mol. The molecule has 2 aromatic carbocycles. The van der Waals surface area contributed by atoms with Crippen LogP contribution in [-0.4, -0.2) is 167 Å². The van der Waals surface area contributed by atoms with E-state index < -0.39 is 98.4 Å². The third-order valence-electron chi connectivity index (χ3n) is 16.8. The monoisotopic (exact) mass is 1190 g/mol. The molecule has 2 aromatic rings. The fraction of sp³-hybridized carbons (Fsp3) is 0.590. The number of carbonyl (C=O) groups excluding carboxylic acids is 4. The topological polar surface area (TPSA) is 264 Å². The van der Waals surface area contributed by atoms with E-state index in [4.69, 9.17) is 18.9 Å². The average molecular weight is 1190 g/mol. The first kappa shape index (κ1) is 59.9. The predicted molar refractivity (Wildman–Crippen MR) is 311 cm³/mol. The molecule has 3 N–H and O–H groups in total. The van der Waals surface area contributed by atoms with E-state index in [0.29, 0.717) is 25.7 Å². The highest BCUT2D eigenvalue weighted by atomic mass is 32.2. The molecule has 0 unspecified atom stereocenters. The number of sulfone groups is 2. The van der Waals surface area contributed by atoms with E-state index in [0.717, 1.165) is 46.6 Å². The molecule has 20 nitrogen and oxygen atoms in total. The van der Waals surface area contributed by atoms with Crippen LogP contribution in [0.2, 0.25) is 0 Å². The van der Waals surface area contributed by atoms with Gasteiger partial charge in [0.15, 0.2) is 19.7 Å². The normalized spacial score (nSPS) is 24.5. The van der Waals surface area contributed by atoms with Gasteiger partial charge in [-0.05, 0) is 132 Å². The number of rotatable bonds is 20. The van der Waals surface area contributed by atoms with E-state index in [1.807, 2.05) is 41.5 Å². The zero-order valence-electron chi connectivity index (χ0n) is 51.0. The molecule has 6 aliphatic heterocycles. The van der Waals surface area contributed by atoms with Crippen molar-refractivity contribution in [3.05, 3.63) is 92.1 Å². The Hall–Kier alpha value is -6.23. The molecule has 4 amide bonds. The molecule has 454 valence electrons. The second-order valence-corrected chi connectivity index (χ2v) is 28.5. The Morgan fingerprint density at radius 1 is 0.663 bits per heavy atom. The number of carbonyl (C=O) groups is 5. The van der Waals surface area contributed by atoms with Crippen LogP contribution in [0.4, 0.5) is 9.59 Å². The molecular formula is C61H82N4O16S2. The van der Waals surface area contributed by atoms with Crippen molar-refractivity contribution in [2.75, 3.05) is 55.7 Å². The second-order valence-electron chi connectivity index (χ2n) is 23.9. The van der Waals surface area contributed by atoms with Crippen molar-refractivity contribution in [1.82, 2.24) is 19.6 Å². The van der Waals surface area contributed by atoms with Crippen molar-refractivity contribution < 1.29 is 77.8 Å².